The minimum absolute atomic E-state index is 0.0188. The predicted molar refractivity (Wildman–Crippen MR) is 65.8 cm³/mol. The van der Waals surface area contributed by atoms with Gasteiger partial charge in [-0.3, -0.25) is 4.79 Å². The third kappa shape index (κ3) is 3.42. The zero-order valence-electron chi connectivity index (χ0n) is 9.77. The molecule has 0 aliphatic rings. The number of carbonyl (C=O) groups is 1. The highest BCUT2D eigenvalue weighted by Crippen LogP contribution is 2.17. The van der Waals surface area contributed by atoms with Crippen LogP contribution < -0.4 is 0 Å². The van der Waals surface area contributed by atoms with Crippen LogP contribution in [0.15, 0.2) is 43.0 Å². The van der Waals surface area contributed by atoms with Crippen LogP contribution in [0.1, 0.15) is 5.56 Å². The molecule has 0 spiro atoms. The molecule has 18 heavy (non-hydrogen) atoms. The Morgan fingerprint density at radius 1 is 1.44 bits per heavy atom. The van der Waals surface area contributed by atoms with Crippen LogP contribution in [0.25, 0.3) is 0 Å². The summed E-state index contributed by atoms with van der Waals surface area (Å²) in [5.41, 5.74) is 0.750. The van der Waals surface area contributed by atoms with Crippen molar-refractivity contribution in [3.05, 3.63) is 48.6 Å². The number of terminal acetylenes is 1. The quantitative estimate of drug-likeness (QED) is 0.580. The van der Waals surface area contributed by atoms with Gasteiger partial charge in [0.1, 0.15) is 0 Å². The van der Waals surface area contributed by atoms with Gasteiger partial charge >= 0.3 is 11.8 Å². The maximum absolute atomic E-state index is 13.2. The van der Waals surface area contributed by atoms with Crippen LogP contribution in [0.3, 0.4) is 0 Å². The van der Waals surface area contributed by atoms with E-state index in [4.69, 9.17) is 0 Å². The Bertz CT molecular complexity index is 462. The molecule has 0 heterocycles. The Hall–Kier alpha value is -2.15. The second-order valence-electron chi connectivity index (χ2n) is 3.68. The molecule has 1 amide bonds. The minimum Gasteiger partial charge on any atom is -0.329 e. The maximum atomic E-state index is 13.2. The van der Waals surface area contributed by atoms with Gasteiger partial charge in [0.2, 0.25) is 0 Å². The molecular formula is C14H13F2NO. The molecule has 0 saturated heterocycles. The van der Waals surface area contributed by atoms with Crippen molar-refractivity contribution >= 4 is 5.91 Å². The van der Waals surface area contributed by atoms with Crippen LogP contribution in [0.2, 0.25) is 0 Å². The van der Waals surface area contributed by atoms with E-state index in [2.05, 4.69) is 13.0 Å². The van der Waals surface area contributed by atoms with E-state index in [9.17, 15) is 13.6 Å². The average Bonchev–Trinajstić information content (AvgIpc) is 2.38. The third-order valence-corrected chi connectivity index (χ3v) is 2.30. The Morgan fingerprint density at radius 2 is 2.06 bits per heavy atom. The van der Waals surface area contributed by atoms with E-state index < -0.39 is 11.8 Å². The third-order valence-electron chi connectivity index (χ3n) is 2.30. The number of carbonyl (C=O) groups excluding carboxylic acids is 1. The molecule has 0 N–H and O–H groups in total. The number of halogens is 2. The molecule has 94 valence electrons. The van der Waals surface area contributed by atoms with Crippen LogP contribution in [0, 0.1) is 12.3 Å². The lowest BCUT2D eigenvalue weighted by Gasteiger charge is -2.23. The molecule has 4 heteroatoms. The average molecular weight is 249 g/mol. The van der Waals surface area contributed by atoms with Crippen LogP contribution >= 0.6 is 0 Å². The summed E-state index contributed by atoms with van der Waals surface area (Å²) in [4.78, 5) is 12.6. The van der Waals surface area contributed by atoms with Crippen molar-refractivity contribution in [3.8, 4) is 12.3 Å². The van der Waals surface area contributed by atoms with Crippen molar-refractivity contribution in [1.82, 2.24) is 4.90 Å². The van der Waals surface area contributed by atoms with Crippen molar-refractivity contribution < 1.29 is 13.6 Å². The van der Waals surface area contributed by atoms with E-state index in [1.165, 1.54) is 12.0 Å². The van der Waals surface area contributed by atoms with Crippen molar-refractivity contribution in [2.24, 2.45) is 0 Å². The molecule has 0 aromatic heterocycles. The summed E-state index contributed by atoms with van der Waals surface area (Å²) >= 11 is 0. The molecule has 0 bridgehead atoms. The molecule has 0 aliphatic heterocycles. The highest BCUT2D eigenvalue weighted by molar-refractivity contribution is 5.86. The fourth-order valence-electron chi connectivity index (χ4n) is 1.44. The van der Waals surface area contributed by atoms with Gasteiger partial charge in [-0.05, 0) is 11.5 Å². The summed E-state index contributed by atoms with van der Waals surface area (Å²) in [6, 6.07) is 8.84. The fourth-order valence-corrected chi connectivity index (χ4v) is 1.44. The van der Waals surface area contributed by atoms with Gasteiger partial charge in [-0.25, -0.2) is 0 Å². The van der Waals surface area contributed by atoms with Gasteiger partial charge in [0.05, 0.1) is 0 Å². The Kier molecular flexibility index (Phi) is 4.61. The second kappa shape index (κ2) is 5.97. The van der Waals surface area contributed by atoms with E-state index in [1.54, 1.807) is 30.3 Å². The number of hydrogen-bond acceptors (Lipinski definition) is 1. The topological polar surface area (TPSA) is 20.3 Å². The number of hydrogen-bond donors (Lipinski definition) is 0. The van der Waals surface area contributed by atoms with Gasteiger partial charge in [-0.15, -0.1) is 13.0 Å². The van der Waals surface area contributed by atoms with Crippen LogP contribution in [-0.4, -0.2) is 23.3 Å². The Labute approximate surface area is 105 Å². The first-order chi connectivity index (χ1) is 8.51. The number of amides is 1. The Balaban J connectivity index is 2.88. The number of rotatable bonds is 5. The van der Waals surface area contributed by atoms with E-state index in [-0.39, 0.29) is 13.1 Å². The molecule has 0 saturated carbocycles. The Morgan fingerprint density at radius 3 is 2.56 bits per heavy atom. The zero-order chi connectivity index (χ0) is 13.6. The second-order valence-corrected chi connectivity index (χ2v) is 3.68. The first kappa shape index (κ1) is 13.9. The monoisotopic (exact) mass is 249 g/mol. The van der Waals surface area contributed by atoms with Gasteiger partial charge in [0.25, 0.3) is 0 Å². The normalized spacial score (nSPS) is 10.5. The van der Waals surface area contributed by atoms with Gasteiger partial charge in [-0.2, -0.15) is 8.78 Å². The molecule has 0 aliphatic carbocycles. The summed E-state index contributed by atoms with van der Waals surface area (Å²) in [7, 11) is 0. The maximum Gasteiger partial charge on any atom is 0.384 e. The van der Waals surface area contributed by atoms with Gasteiger partial charge in [0, 0.05) is 13.1 Å². The van der Waals surface area contributed by atoms with E-state index >= 15 is 0 Å². The van der Waals surface area contributed by atoms with Crippen LogP contribution in [0.5, 0.6) is 0 Å². The molecule has 0 radical (unpaired) electrons. The van der Waals surface area contributed by atoms with Gasteiger partial charge in [-0.1, -0.05) is 36.4 Å². The first-order valence-corrected chi connectivity index (χ1v) is 5.31. The smallest absolute Gasteiger partial charge is 0.329 e. The fraction of sp³-hybridized carbons (Fsp3) is 0.214. The van der Waals surface area contributed by atoms with Crippen LogP contribution in [0.4, 0.5) is 8.78 Å². The van der Waals surface area contributed by atoms with E-state index in [0.717, 1.165) is 10.5 Å². The summed E-state index contributed by atoms with van der Waals surface area (Å²) in [5, 5.41) is 0. The molecule has 0 unspecified atom stereocenters. The molecule has 1 aromatic carbocycles. The van der Waals surface area contributed by atoms with E-state index in [1.807, 2.05) is 0 Å². The molecular weight excluding hydrogens is 236 g/mol. The van der Waals surface area contributed by atoms with Crippen molar-refractivity contribution in [3.63, 3.8) is 0 Å². The molecule has 1 rings (SSSR count). The molecule has 0 fully saturated rings. The number of alkyl halides is 2. The lowest BCUT2D eigenvalue weighted by molar-refractivity contribution is -0.149. The number of nitrogens with zero attached hydrogens (tertiary/aromatic N) is 1. The highest BCUT2D eigenvalue weighted by Gasteiger charge is 2.39. The first-order valence-electron chi connectivity index (χ1n) is 5.31. The predicted octanol–water partition coefficient (Wildman–Crippen LogP) is 2.47. The lowest BCUT2D eigenvalue weighted by Crippen LogP contribution is -2.42. The molecule has 1 aromatic rings. The largest absolute Gasteiger partial charge is 0.384 e. The summed E-state index contributed by atoms with van der Waals surface area (Å²) < 4.78 is 26.3. The molecule has 0 atom stereocenters. The van der Waals surface area contributed by atoms with Crippen molar-refractivity contribution in [2.45, 2.75) is 12.5 Å². The van der Waals surface area contributed by atoms with Crippen LogP contribution in [-0.2, 0) is 11.3 Å². The lowest BCUT2D eigenvalue weighted by atomic mass is 10.2. The minimum atomic E-state index is -3.78. The summed E-state index contributed by atoms with van der Waals surface area (Å²) in [6.45, 7) is 3.53. The zero-order valence-corrected chi connectivity index (χ0v) is 9.77. The van der Waals surface area contributed by atoms with Crippen molar-refractivity contribution in [2.75, 3.05) is 6.54 Å². The van der Waals surface area contributed by atoms with Gasteiger partial charge in [0.15, 0.2) is 0 Å². The SMILES string of the molecule is C#CC(F)(F)C(=O)N(CC=C)Cc1ccccc1. The van der Waals surface area contributed by atoms with Gasteiger partial charge < -0.3 is 4.90 Å². The standard InChI is InChI=1S/C14H13F2NO/c1-3-10-17(13(18)14(15,16)4-2)11-12-8-6-5-7-9-12/h2-3,5-9H,1,10-11H2. The molecule has 2 nitrogen and oxygen atoms in total. The van der Waals surface area contributed by atoms with E-state index in [0.29, 0.717) is 0 Å². The number of benzene rings is 1. The summed E-state index contributed by atoms with van der Waals surface area (Å²) in [5.74, 6) is -3.95. The van der Waals surface area contributed by atoms with Crippen molar-refractivity contribution in [1.29, 1.82) is 0 Å². The summed E-state index contributed by atoms with van der Waals surface area (Å²) in [6.07, 6.45) is 6.04. The highest BCUT2D eigenvalue weighted by atomic mass is 19.3.